The number of para-hydroxylation sites is 1. The molecule has 0 radical (unpaired) electrons. The number of carbonyl (C=O) groups excluding carboxylic acids is 1. The van der Waals surface area contributed by atoms with E-state index in [0.29, 0.717) is 29.1 Å². The summed E-state index contributed by atoms with van der Waals surface area (Å²) >= 11 is 1.31. The number of methoxy groups -OCH3 is 1. The van der Waals surface area contributed by atoms with Gasteiger partial charge in [-0.25, -0.2) is 4.98 Å². The molecule has 1 amide bonds. The highest BCUT2D eigenvalue weighted by atomic mass is 32.2. The Morgan fingerprint density at radius 3 is 2.88 bits per heavy atom. The Hall–Kier alpha value is -3.06. The molecule has 0 unspecified atom stereocenters. The molecule has 1 aromatic heterocycles. The maximum absolute atomic E-state index is 13.2. The van der Waals surface area contributed by atoms with Gasteiger partial charge in [0.25, 0.3) is 5.56 Å². The van der Waals surface area contributed by atoms with E-state index in [-0.39, 0.29) is 17.2 Å². The van der Waals surface area contributed by atoms with Gasteiger partial charge < -0.3 is 10.1 Å². The van der Waals surface area contributed by atoms with E-state index >= 15 is 0 Å². The summed E-state index contributed by atoms with van der Waals surface area (Å²) in [5.41, 5.74) is 2.99. The van der Waals surface area contributed by atoms with Crippen LogP contribution >= 0.6 is 11.8 Å². The number of amides is 1. The second kappa shape index (κ2) is 11.2. The van der Waals surface area contributed by atoms with Crippen molar-refractivity contribution < 1.29 is 9.53 Å². The molecule has 1 heterocycles. The molecule has 172 valence electrons. The number of carbonyl (C=O) groups is 1. The highest BCUT2D eigenvalue weighted by molar-refractivity contribution is 7.99. The SMILES string of the molecule is COc1cccc(CNC(=O)CSc2nc3ccccc3c(=O)n2CCC2=CCCCC2)c1. The minimum atomic E-state index is -0.105. The minimum absolute atomic E-state index is 0.0451. The second-order valence-corrected chi connectivity index (χ2v) is 9.09. The van der Waals surface area contributed by atoms with Crippen molar-refractivity contribution >= 4 is 28.6 Å². The molecule has 7 heteroatoms. The summed E-state index contributed by atoms with van der Waals surface area (Å²) in [5.74, 6) is 0.845. The van der Waals surface area contributed by atoms with Crippen molar-refractivity contribution in [2.24, 2.45) is 0 Å². The van der Waals surface area contributed by atoms with Gasteiger partial charge in [0.15, 0.2) is 5.16 Å². The molecule has 33 heavy (non-hydrogen) atoms. The molecule has 0 aliphatic heterocycles. The van der Waals surface area contributed by atoms with E-state index in [2.05, 4.69) is 11.4 Å². The summed E-state index contributed by atoms with van der Waals surface area (Å²) in [4.78, 5) is 30.5. The zero-order valence-electron chi connectivity index (χ0n) is 18.9. The average Bonchev–Trinajstić information content (AvgIpc) is 2.86. The van der Waals surface area contributed by atoms with Crippen LogP contribution in [-0.4, -0.2) is 28.3 Å². The Labute approximate surface area is 198 Å². The summed E-state index contributed by atoms with van der Waals surface area (Å²) in [5, 5.41) is 4.14. The average molecular weight is 464 g/mol. The van der Waals surface area contributed by atoms with Crippen molar-refractivity contribution in [2.75, 3.05) is 12.9 Å². The van der Waals surface area contributed by atoms with Crippen LogP contribution < -0.4 is 15.6 Å². The van der Waals surface area contributed by atoms with Crippen LogP contribution in [0.5, 0.6) is 5.75 Å². The number of benzene rings is 2. The number of thioether (sulfide) groups is 1. The first-order chi connectivity index (χ1) is 16.1. The van der Waals surface area contributed by atoms with Gasteiger partial charge in [0.2, 0.25) is 5.91 Å². The number of hydrogen-bond acceptors (Lipinski definition) is 5. The molecule has 4 rings (SSSR count). The number of hydrogen-bond donors (Lipinski definition) is 1. The van der Waals surface area contributed by atoms with Crippen LogP contribution in [0.2, 0.25) is 0 Å². The summed E-state index contributed by atoms with van der Waals surface area (Å²) in [6.07, 6.45) is 7.83. The van der Waals surface area contributed by atoms with Crippen LogP contribution in [-0.2, 0) is 17.9 Å². The largest absolute Gasteiger partial charge is 0.497 e. The smallest absolute Gasteiger partial charge is 0.262 e. The predicted octanol–water partition coefficient (Wildman–Crippen LogP) is 4.70. The fourth-order valence-corrected chi connectivity index (χ4v) is 4.86. The van der Waals surface area contributed by atoms with Crippen molar-refractivity contribution in [1.29, 1.82) is 0 Å². The zero-order chi connectivity index (χ0) is 23.0. The van der Waals surface area contributed by atoms with Gasteiger partial charge >= 0.3 is 0 Å². The quantitative estimate of drug-likeness (QED) is 0.283. The Kier molecular flexibility index (Phi) is 7.83. The maximum Gasteiger partial charge on any atom is 0.262 e. The van der Waals surface area contributed by atoms with Crippen LogP contribution in [0.1, 0.15) is 37.7 Å². The number of rotatable bonds is 9. The lowest BCUT2D eigenvalue weighted by Gasteiger charge is -2.16. The third-order valence-electron chi connectivity index (χ3n) is 5.82. The van der Waals surface area contributed by atoms with Crippen molar-refractivity contribution in [3.05, 3.63) is 76.1 Å². The van der Waals surface area contributed by atoms with Crippen molar-refractivity contribution in [3.8, 4) is 5.75 Å². The molecule has 1 aliphatic carbocycles. The lowest BCUT2D eigenvalue weighted by molar-refractivity contribution is -0.118. The predicted molar refractivity (Wildman–Crippen MR) is 133 cm³/mol. The molecule has 2 aromatic carbocycles. The molecular formula is C26H29N3O3S. The lowest BCUT2D eigenvalue weighted by atomic mass is 9.97. The highest BCUT2D eigenvalue weighted by Crippen LogP contribution is 2.23. The molecule has 0 saturated carbocycles. The van der Waals surface area contributed by atoms with Crippen molar-refractivity contribution in [3.63, 3.8) is 0 Å². The summed E-state index contributed by atoms with van der Waals surface area (Å²) < 4.78 is 6.97. The third kappa shape index (κ3) is 6.05. The van der Waals surface area contributed by atoms with E-state index in [9.17, 15) is 9.59 Å². The molecule has 1 aliphatic rings. The summed E-state index contributed by atoms with van der Waals surface area (Å²) in [6.45, 7) is 0.999. The number of ether oxygens (including phenoxy) is 1. The van der Waals surface area contributed by atoms with Gasteiger partial charge in [-0.2, -0.15) is 0 Å². The topological polar surface area (TPSA) is 73.2 Å². The third-order valence-corrected chi connectivity index (χ3v) is 6.80. The monoisotopic (exact) mass is 463 g/mol. The van der Waals surface area contributed by atoms with Crippen molar-refractivity contribution in [2.45, 2.75) is 50.4 Å². The van der Waals surface area contributed by atoms with E-state index in [1.807, 2.05) is 48.5 Å². The first-order valence-corrected chi connectivity index (χ1v) is 12.3. The molecule has 0 fully saturated rings. The highest BCUT2D eigenvalue weighted by Gasteiger charge is 2.14. The van der Waals surface area contributed by atoms with Crippen molar-refractivity contribution in [1.82, 2.24) is 14.9 Å². The van der Waals surface area contributed by atoms with E-state index in [0.717, 1.165) is 30.6 Å². The van der Waals surface area contributed by atoms with E-state index in [4.69, 9.17) is 9.72 Å². The zero-order valence-corrected chi connectivity index (χ0v) is 19.7. The standard InChI is InChI=1S/C26H29N3O3S/c1-32-21-11-7-10-20(16-21)17-27-24(30)18-33-26-28-23-13-6-5-12-22(23)25(31)29(26)15-14-19-8-3-2-4-9-19/h5-8,10-13,16H,2-4,9,14-15,17-18H2,1H3,(H,27,30). The number of fused-ring (bicyclic) bond motifs is 1. The van der Waals surface area contributed by atoms with Gasteiger partial charge in [0.05, 0.1) is 23.8 Å². The Morgan fingerprint density at radius 2 is 2.06 bits per heavy atom. The van der Waals surface area contributed by atoms with Gasteiger partial charge in [-0.1, -0.05) is 47.7 Å². The first-order valence-electron chi connectivity index (χ1n) is 11.3. The Bertz CT molecular complexity index is 1220. The van der Waals surface area contributed by atoms with Crippen LogP contribution in [0.25, 0.3) is 10.9 Å². The van der Waals surface area contributed by atoms with E-state index in [1.165, 1.54) is 30.2 Å². The molecule has 1 N–H and O–H groups in total. The van der Waals surface area contributed by atoms with Gasteiger partial charge in [-0.15, -0.1) is 0 Å². The van der Waals surface area contributed by atoms with E-state index in [1.54, 1.807) is 11.7 Å². The molecular weight excluding hydrogens is 434 g/mol. The van der Waals surface area contributed by atoms with Gasteiger partial charge in [-0.3, -0.25) is 14.2 Å². The fourth-order valence-electron chi connectivity index (χ4n) is 4.01. The number of nitrogens with one attached hydrogen (secondary N) is 1. The summed E-state index contributed by atoms with van der Waals surface area (Å²) in [6, 6.07) is 15.0. The number of nitrogens with zero attached hydrogens (tertiary/aromatic N) is 2. The van der Waals surface area contributed by atoms with Gasteiger partial charge in [-0.05, 0) is 61.9 Å². The number of allylic oxidation sites excluding steroid dienone is 2. The molecule has 3 aromatic rings. The minimum Gasteiger partial charge on any atom is -0.497 e. The van der Waals surface area contributed by atoms with Gasteiger partial charge in [0, 0.05) is 13.1 Å². The Balaban J connectivity index is 1.46. The van der Waals surface area contributed by atoms with Crippen LogP contribution in [0.15, 0.2) is 70.1 Å². The molecule has 0 spiro atoms. The fraction of sp³-hybridized carbons (Fsp3) is 0.346. The van der Waals surface area contributed by atoms with E-state index < -0.39 is 0 Å². The Morgan fingerprint density at radius 1 is 1.18 bits per heavy atom. The van der Waals surface area contributed by atoms with Crippen LogP contribution in [0, 0.1) is 0 Å². The molecule has 0 saturated heterocycles. The normalized spacial score (nSPS) is 13.5. The second-order valence-electron chi connectivity index (χ2n) is 8.14. The molecule has 0 bridgehead atoms. The maximum atomic E-state index is 13.2. The van der Waals surface area contributed by atoms with Crippen LogP contribution in [0.4, 0.5) is 0 Å². The molecule has 6 nitrogen and oxygen atoms in total. The lowest BCUT2D eigenvalue weighted by Crippen LogP contribution is -2.27. The summed E-state index contributed by atoms with van der Waals surface area (Å²) in [7, 11) is 1.62. The number of aromatic nitrogens is 2. The molecule has 0 atom stereocenters. The van der Waals surface area contributed by atoms with Gasteiger partial charge in [0.1, 0.15) is 5.75 Å². The van der Waals surface area contributed by atoms with Crippen LogP contribution in [0.3, 0.4) is 0 Å². The first kappa shape index (κ1) is 23.1.